The van der Waals surface area contributed by atoms with Crippen molar-refractivity contribution in [3.63, 3.8) is 0 Å². The second-order valence-corrected chi connectivity index (χ2v) is 5.88. The van der Waals surface area contributed by atoms with Crippen molar-refractivity contribution < 1.29 is 4.79 Å². The maximum Gasteiger partial charge on any atom is 0.275 e. The number of halogens is 1. The number of anilines is 2. The van der Waals surface area contributed by atoms with Gasteiger partial charge in [-0.25, -0.2) is 9.97 Å². The van der Waals surface area contributed by atoms with E-state index in [1.54, 1.807) is 24.5 Å². The highest BCUT2D eigenvalue weighted by molar-refractivity contribution is 9.10. The van der Waals surface area contributed by atoms with Crippen molar-refractivity contribution in [2.75, 3.05) is 10.6 Å². The number of nitrogens with one attached hydrogen (secondary N) is 2. The number of carbonyl (C=O) groups is 1. The summed E-state index contributed by atoms with van der Waals surface area (Å²) in [5.74, 6) is 0.294. The number of hydrogen-bond acceptors (Lipinski definition) is 5. The second kappa shape index (κ2) is 7.65. The highest BCUT2D eigenvalue weighted by Gasteiger charge is 2.08. The SMILES string of the molecule is O=C(Nc1ccc(Br)cc1)c1cnc(NCc2cccnc2)cn1. The standard InChI is InChI=1S/C17H14BrN5O/c18-13-3-5-14(6-4-13)23-17(24)15-10-22-16(11-20-15)21-9-12-2-1-7-19-8-12/h1-8,10-11H,9H2,(H,21,22)(H,23,24). The largest absolute Gasteiger partial charge is 0.365 e. The van der Waals surface area contributed by atoms with Crippen LogP contribution in [0.25, 0.3) is 0 Å². The molecule has 0 unspecified atom stereocenters. The number of rotatable bonds is 5. The van der Waals surface area contributed by atoms with Gasteiger partial charge in [0.1, 0.15) is 11.5 Å². The highest BCUT2D eigenvalue weighted by atomic mass is 79.9. The molecule has 7 heteroatoms. The van der Waals surface area contributed by atoms with Gasteiger partial charge in [0.25, 0.3) is 5.91 Å². The molecule has 1 aromatic carbocycles. The number of pyridine rings is 1. The molecule has 2 aromatic heterocycles. The summed E-state index contributed by atoms with van der Waals surface area (Å²) >= 11 is 3.35. The lowest BCUT2D eigenvalue weighted by Gasteiger charge is -2.07. The van der Waals surface area contributed by atoms with Crippen molar-refractivity contribution in [2.24, 2.45) is 0 Å². The van der Waals surface area contributed by atoms with Crippen LogP contribution in [0.15, 0.2) is 65.7 Å². The van der Waals surface area contributed by atoms with Gasteiger partial charge in [-0.1, -0.05) is 22.0 Å². The lowest BCUT2D eigenvalue weighted by Crippen LogP contribution is -2.14. The van der Waals surface area contributed by atoms with E-state index in [9.17, 15) is 4.79 Å². The molecule has 2 N–H and O–H groups in total. The van der Waals surface area contributed by atoms with Crippen LogP contribution < -0.4 is 10.6 Å². The van der Waals surface area contributed by atoms with Gasteiger partial charge in [0.05, 0.1) is 12.4 Å². The number of aromatic nitrogens is 3. The van der Waals surface area contributed by atoms with Gasteiger partial charge in [-0.05, 0) is 35.9 Å². The van der Waals surface area contributed by atoms with Crippen LogP contribution in [-0.4, -0.2) is 20.9 Å². The molecule has 0 saturated heterocycles. The molecule has 0 bridgehead atoms. The van der Waals surface area contributed by atoms with Crippen molar-refractivity contribution >= 4 is 33.3 Å². The van der Waals surface area contributed by atoms with Gasteiger partial charge in [0, 0.05) is 29.1 Å². The second-order valence-electron chi connectivity index (χ2n) is 4.96. The van der Waals surface area contributed by atoms with Crippen molar-refractivity contribution in [3.8, 4) is 0 Å². The van der Waals surface area contributed by atoms with Gasteiger partial charge >= 0.3 is 0 Å². The summed E-state index contributed by atoms with van der Waals surface area (Å²) in [6, 6.07) is 11.2. The quantitative estimate of drug-likeness (QED) is 0.704. The fraction of sp³-hybridized carbons (Fsp3) is 0.0588. The Kier molecular flexibility index (Phi) is 5.12. The molecule has 0 atom stereocenters. The number of nitrogens with zero attached hydrogens (tertiary/aromatic N) is 3. The molecule has 0 spiro atoms. The van der Waals surface area contributed by atoms with E-state index in [0.29, 0.717) is 18.1 Å². The summed E-state index contributed by atoms with van der Waals surface area (Å²) in [6.07, 6.45) is 6.48. The van der Waals surface area contributed by atoms with Crippen LogP contribution in [0.1, 0.15) is 16.1 Å². The minimum Gasteiger partial charge on any atom is -0.365 e. The first-order chi connectivity index (χ1) is 11.7. The molecule has 0 fully saturated rings. The predicted molar refractivity (Wildman–Crippen MR) is 95.7 cm³/mol. The molecule has 3 rings (SSSR count). The van der Waals surface area contributed by atoms with Gasteiger partial charge in [-0.3, -0.25) is 9.78 Å². The first-order valence-electron chi connectivity index (χ1n) is 7.22. The monoisotopic (exact) mass is 383 g/mol. The van der Waals surface area contributed by atoms with Crippen molar-refractivity contribution in [3.05, 3.63) is 76.9 Å². The van der Waals surface area contributed by atoms with E-state index in [1.807, 2.05) is 24.3 Å². The molecular weight excluding hydrogens is 370 g/mol. The minimum atomic E-state index is -0.302. The zero-order chi connectivity index (χ0) is 16.8. The van der Waals surface area contributed by atoms with Gasteiger partial charge < -0.3 is 10.6 Å². The van der Waals surface area contributed by atoms with Crippen LogP contribution in [-0.2, 0) is 6.54 Å². The zero-order valence-corrected chi connectivity index (χ0v) is 14.2. The molecule has 2 heterocycles. The van der Waals surface area contributed by atoms with Crippen molar-refractivity contribution in [1.82, 2.24) is 15.0 Å². The van der Waals surface area contributed by atoms with Gasteiger partial charge in [0.15, 0.2) is 0 Å². The molecule has 0 saturated carbocycles. The van der Waals surface area contributed by atoms with Crippen LogP contribution >= 0.6 is 15.9 Å². The summed E-state index contributed by atoms with van der Waals surface area (Å²) < 4.78 is 0.948. The Labute approximate surface area is 147 Å². The maximum absolute atomic E-state index is 12.1. The van der Waals surface area contributed by atoms with Crippen molar-refractivity contribution in [1.29, 1.82) is 0 Å². The molecule has 24 heavy (non-hydrogen) atoms. The fourth-order valence-corrected chi connectivity index (χ4v) is 2.22. The normalized spacial score (nSPS) is 10.2. The third kappa shape index (κ3) is 4.36. The van der Waals surface area contributed by atoms with Crippen LogP contribution in [0.2, 0.25) is 0 Å². The van der Waals surface area contributed by atoms with Gasteiger partial charge in [-0.2, -0.15) is 0 Å². The maximum atomic E-state index is 12.1. The summed E-state index contributed by atoms with van der Waals surface area (Å²) in [5, 5.41) is 5.90. The Morgan fingerprint density at radius 1 is 1.04 bits per heavy atom. The molecule has 0 aliphatic heterocycles. The first-order valence-corrected chi connectivity index (χ1v) is 8.02. The smallest absolute Gasteiger partial charge is 0.275 e. The van der Waals surface area contributed by atoms with E-state index in [0.717, 1.165) is 10.0 Å². The number of amides is 1. The molecule has 0 aliphatic carbocycles. The Hall–Kier alpha value is -2.80. The Bertz CT molecular complexity index is 807. The average Bonchev–Trinajstić information content (AvgIpc) is 2.63. The summed E-state index contributed by atoms with van der Waals surface area (Å²) in [6.45, 7) is 0.590. The van der Waals surface area contributed by atoms with Crippen LogP contribution in [0.3, 0.4) is 0 Å². The predicted octanol–water partition coefficient (Wildman–Crippen LogP) is 3.50. The summed E-state index contributed by atoms with van der Waals surface area (Å²) in [7, 11) is 0. The van der Waals surface area contributed by atoms with E-state index in [-0.39, 0.29) is 11.6 Å². The fourth-order valence-electron chi connectivity index (χ4n) is 1.96. The van der Waals surface area contributed by atoms with E-state index in [1.165, 1.54) is 12.4 Å². The van der Waals surface area contributed by atoms with Gasteiger partial charge in [-0.15, -0.1) is 0 Å². The minimum absolute atomic E-state index is 0.254. The molecule has 6 nitrogen and oxygen atoms in total. The van der Waals surface area contributed by atoms with Gasteiger partial charge in [0.2, 0.25) is 0 Å². The molecular formula is C17H14BrN5O. The molecule has 1 amide bonds. The Balaban J connectivity index is 1.59. The average molecular weight is 384 g/mol. The number of hydrogen-bond donors (Lipinski definition) is 2. The molecule has 0 aliphatic rings. The summed E-state index contributed by atoms with van der Waals surface area (Å²) in [4.78, 5) is 24.5. The topological polar surface area (TPSA) is 79.8 Å². The Morgan fingerprint density at radius 2 is 1.88 bits per heavy atom. The molecule has 120 valence electrons. The van der Waals surface area contributed by atoms with E-state index < -0.39 is 0 Å². The van der Waals surface area contributed by atoms with E-state index in [4.69, 9.17) is 0 Å². The molecule has 0 radical (unpaired) electrons. The lowest BCUT2D eigenvalue weighted by atomic mass is 10.3. The van der Waals surface area contributed by atoms with Crippen LogP contribution in [0, 0.1) is 0 Å². The molecule has 3 aromatic rings. The van der Waals surface area contributed by atoms with E-state index >= 15 is 0 Å². The lowest BCUT2D eigenvalue weighted by molar-refractivity contribution is 0.102. The Morgan fingerprint density at radius 3 is 2.54 bits per heavy atom. The first kappa shape index (κ1) is 16.1. The third-order valence-corrected chi connectivity index (χ3v) is 3.71. The van der Waals surface area contributed by atoms with Crippen molar-refractivity contribution in [2.45, 2.75) is 6.54 Å². The third-order valence-electron chi connectivity index (χ3n) is 3.18. The summed E-state index contributed by atoms with van der Waals surface area (Å²) in [5.41, 5.74) is 1.99. The van der Waals surface area contributed by atoms with Crippen LogP contribution in [0.4, 0.5) is 11.5 Å². The highest BCUT2D eigenvalue weighted by Crippen LogP contribution is 2.15. The van der Waals surface area contributed by atoms with Crippen LogP contribution in [0.5, 0.6) is 0 Å². The van der Waals surface area contributed by atoms with E-state index in [2.05, 4.69) is 41.5 Å². The number of benzene rings is 1. The number of carbonyl (C=O) groups excluding carboxylic acids is 1. The zero-order valence-electron chi connectivity index (χ0n) is 12.6.